The molecule has 2 heterocycles. The lowest BCUT2D eigenvalue weighted by Gasteiger charge is -2.36. The third kappa shape index (κ3) is 5.86. The average Bonchev–Trinajstić information content (AvgIpc) is 3.25. The van der Waals surface area contributed by atoms with Crippen LogP contribution in [0.3, 0.4) is 0 Å². The highest BCUT2D eigenvalue weighted by molar-refractivity contribution is 6.14. The molecule has 1 aromatic carbocycles. The molecule has 0 unspecified atom stereocenters. The molecule has 1 saturated carbocycles. The molecule has 0 saturated heterocycles. The van der Waals surface area contributed by atoms with Gasteiger partial charge in [-0.05, 0) is 62.6 Å². The Bertz CT molecular complexity index is 1160. The molecule has 182 valence electrons. The molecule has 0 aliphatic heterocycles. The van der Waals surface area contributed by atoms with E-state index < -0.39 is 5.82 Å². The zero-order chi connectivity index (χ0) is 24.9. The molecule has 3 aromatic rings. The Morgan fingerprint density at radius 3 is 2.65 bits per heavy atom. The first-order valence-corrected chi connectivity index (χ1v) is 11.8. The van der Waals surface area contributed by atoms with Gasteiger partial charge in [-0.2, -0.15) is 0 Å². The number of halogens is 1. The van der Waals surface area contributed by atoms with Gasteiger partial charge in [-0.25, -0.2) is 14.4 Å². The van der Waals surface area contributed by atoms with Crippen LogP contribution in [-0.4, -0.2) is 39.5 Å². The summed E-state index contributed by atoms with van der Waals surface area (Å²) in [6.45, 7) is 6.14. The van der Waals surface area contributed by atoms with Gasteiger partial charge in [-0.3, -0.25) is 10.2 Å². The molecule has 5 N–H and O–H groups in total. The van der Waals surface area contributed by atoms with Gasteiger partial charge in [0.25, 0.3) is 0 Å². The third-order valence-electron chi connectivity index (χ3n) is 6.63. The Morgan fingerprint density at radius 1 is 1.32 bits per heavy atom. The predicted octanol–water partition coefficient (Wildman–Crippen LogP) is 5.45. The number of aromatic nitrogens is 3. The summed E-state index contributed by atoms with van der Waals surface area (Å²) in [4.78, 5) is 23.1. The SMILES string of the molecule is CCCC1(C)CCC(N)CC1.CNc1cc(F)ccc1C(=N)c1cnc2[nH]cc(C(C)=O)c2n1. The van der Waals surface area contributed by atoms with Gasteiger partial charge >= 0.3 is 0 Å². The number of benzene rings is 1. The molecular weight excluding hydrogens is 431 g/mol. The van der Waals surface area contributed by atoms with Crippen molar-refractivity contribution in [3.63, 3.8) is 0 Å². The number of rotatable bonds is 6. The van der Waals surface area contributed by atoms with E-state index in [0.717, 1.165) is 0 Å². The molecule has 4 rings (SSSR count). The van der Waals surface area contributed by atoms with Crippen molar-refractivity contribution in [2.45, 2.75) is 65.3 Å². The quantitative estimate of drug-likeness (QED) is 0.284. The van der Waals surface area contributed by atoms with E-state index >= 15 is 0 Å². The lowest BCUT2D eigenvalue weighted by molar-refractivity contribution is 0.101. The van der Waals surface area contributed by atoms with E-state index in [9.17, 15) is 9.18 Å². The van der Waals surface area contributed by atoms with E-state index in [2.05, 4.69) is 34.1 Å². The van der Waals surface area contributed by atoms with Crippen LogP contribution in [0.2, 0.25) is 0 Å². The van der Waals surface area contributed by atoms with E-state index in [0.29, 0.717) is 45.1 Å². The predicted molar refractivity (Wildman–Crippen MR) is 135 cm³/mol. The molecule has 1 aliphatic rings. The molecule has 7 nitrogen and oxygen atoms in total. The fourth-order valence-corrected chi connectivity index (χ4v) is 4.55. The van der Waals surface area contributed by atoms with Gasteiger partial charge in [0.15, 0.2) is 11.4 Å². The Balaban J connectivity index is 0.000000248. The van der Waals surface area contributed by atoms with Crippen molar-refractivity contribution in [1.29, 1.82) is 5.41 Å². The normalized spacial score (nSPS) is 19.9. The number of aromatic amines is 1. The maximum Gasteiger partial charge on any atom is 0.163 e. The van der Waals surface area contributed by atoms with Gasteiger partial charge in [0.2, 0.25) is 0 Å². The number of hydrogen-bond acceptors (Lipinski definition) is 6. The van der Waals surface area contributed by atoms with Gasteiger partial charge in [0.05, 0.1) is 17.5 Å². The molecule has 1 fully saturated rings. The highest BCUT2D eigenvalue weighted by Gasteiger charge is 2.28. The van der Waals surface area contributed by atoms with E-state index in [1.54, 1.807) is 13.2 Å². The minimum Gasteiger partial charge on any atom is -0.387 e. The average molecular weight is 467 g/mol. The lowest BCUT2D eigenvalue weighted by atomic mass is 9.71. The molecule has 2 aromatic heterocycles. The molecule has 0 amide bonds. The Morgan fingerprint density at radius 2 is 2.03 bits per heavy atom. The van der Waals surface area contributed by atoms with Gasteiger partial charge in [-0.1, -0.05) is 20.3 Å². The Labute approximate surface area is 200 Å². The van der Waals surface area contributed by atoms with Crippen LogP contribution >= 0.6 is 0 Å². The summed E-state index contributed by atoms with van der Waals surface area (Å²) >= 11 is 0. The third-order valence-corrected chi connectivity index (χ3v) is 6.63. The van der Waals surface area contributed by atoms with Crippen LogP contribution in [0, 0.1) is 16.6 Å². The summed E-state index contributed by atoms with van der Waals surface area (Å²) in [6.07, 6.45) is 10.9. The summed E-state index contributed by atoms with van der Waals surface area (Å²) in [5, 5.41) is 11.2. The van der Waals surface area contributed by atoms with E-state index in [1.165, 1.54) is 69.8 Å². The zero-order valence-electron chi connectivity index (χ0n) is 20.5. The summed E-state index contributed by atoms with van der Waals surface area (Å²) in [6, 6.07) is 4.61. The number of carbonyl (C=O) groups excluding carboxylic acids is 1. The monoisotopic (exact) mass is 466 g/mol. The summed E-state index contributed by atoms with van der Waals surface area (Å²) in [7, 11) is 1.65. The highest BCUT2D eigenvalue weighted by Crippen LogP contribution is 2.39. The molecule has 0 radical (unpaired) electrons. The molecule has 8 heteroatoms. The standard InChI is InChI=1S/C16H14FN5O.C10H21N/c1-8(23)11-6-20-16-15(11)22-13(7-21-16)14(18)10-4-3-9(17)5-12(10)19-2;1-3-6-10(2)7-4-9(11)5-8-10/h3-7,18-19H,1-2H3,(H,20,21);9H,3-8,11H2,1-2H3. The number of nitrogens with one attached hydrogen (secondary N) is 3. The minimum absolute atomic E-state index is 0.0967. The van der Waals surface area contributed by atoms with Crippen molar-refractivity contribution in [3.8, 4) is 0 Å². The fraction of sp³-hybridized carbons (Fsp3) is 0.462. The first-order chi connectivity index (χ1) is 16.2. The van der Waals surface area contributed by atoms with E-state index in [1.807, 2.05) is 0 Å². The van der Waals surface area contributed by atoms with Crippen LogP contribution in [0.15, 0.2) is 30.6 Å². The van der Waals surface area contributed by atoms with Crippen LogP contribution in [0.4, 0.5) is 10.1 Å². The number of hydrogen-bond donors (Lipinski definition) is 4. The molecule has 1 aliphatic carbocycles. The molecular formula is C26H35FN6O. The smallest absolute Gasteiger partial charge is 0.163 e. The molecule has 34 heavy (non-hydrogen) atoms. The number of anilines is 1. The second-order valence-corrected chi connectivity index (χ2v) is 9.42. The first kappa shape index (κ1) is 25.5. The van der Waals surface area contributed by atoms with E-state index in [4.69, 9.17) is 11.1 Å². The van der Waals surface area contributed by atoms with Crippen LogP contribution in [0.25, 0.3) is 11.2 Å². The summed E-state index contributed by atoms with van der Waals surface area (Å²) in [5.41, 5.74) is 9.21. The van der Waals surface area contributed by atoms with Crippen LogP contribution in [-0.2, 0) is 0 Å². The first-order valence-electron chi connectivity index (χ1n) is 11.8. The molecule has 0 spiro atoms. The van der Waals surface area contributed by atoms with E-state index in [-0.39, 0.29) is 11.5 Å². The number of Topliss-reactive ketones (excluding diaryl/α,β-unsaturated/α-hetero) is 1. The minimum atomic E-state index is -0.392. The van der Waals surface area contributed by atoms with Gasteiger partial charge in [0, 0.05) is 30.5 Å². The topological polar surface area (TPSA) is 121 Å². The van der Waals surface area contributed by atoms with Crippen molar-refractivity contribution in [2.24, 2.45) is 11.1 Å². The van der Waals surface area contributed by atoms with Crippen molar-refractivity contribution in [2.75, 3.05) is 12.4 Å². The number of nitrogens with zero attached hydrogens (tertiary/aromatic N) is 2. The van der Waals surface area contributed by atoms with Crippen LogP contribution < -0.4 is 11.1 Å². The van der Waals surface area contributed by atoms with Crippen LogP contribution in [0.5, 0.6) is 0 Å². The van der Waals surface area contributed by atoms with Crippen molar-refractivity contribution < 1.29 is 9.18 Å². The second-order valence-electron chi connectivity index (χ2n) is 9.42. The maximum atomic E-state index is 13.3. The second kappa shape index (κ2) is 10.9. The summed E-state index contributed by atoms with van der Waals surface area (Å²) in [5.74, 6) is -0.524. The van der Waals surface area contributed by atoms with Crippen molar-refractivity contribution in [1.82, 2.24) is 15.0 Å². The van der Waals surface area contributed by atoms with Crippen LogP contribution in [0.1, 0.15) is 80.9 Å². The lowest BCUT2D eigenvalue weighted by Crippen LogP contribution is -2.31. The van der Waals surface area contributed by atoms with Gasteiger partial charge < -0.3 is 16.0 Å². The maximum absolute atomic E-state index is 13.3. The van der Waals surface area contributed by atoms with Gasteiger partial charge in [-0.15, -0.1) is 0 Å². The molecule has 0 atom stereocenters. The number of H-pyrrole nitrogens is 1. The van der Waals surface area contributed by atoms with Crippen molar-refractivity contribution in [3.05, 3.63) is 53.2 Å². The molecule has 0 bridgehead atoms. The Kier molecular flexibility index (Phi) is 8.15. The number of carbonyl (C=O) groups is 1. The number of ketones is 1. The highest BCUT2D eigenvalue weighted by atomic mass is 19.1. The number of nitrogens with two attached hydrogens (primary N) is 1. The Hall–Kier alpha value is -3.13. The largest absolute Gasteiger partial charge is 0.387 e. The number of fused-ring (bicyclic) bond motifs is 1. The fourth-order valence-electron chi connectivity index (χ4n) is 4.55. The van der Waals surface area contributed by atoms with Crippen molar-refractivity contribution >= 4 is 28.3 Å². The summed E-state index contributed by atoms with van der Waals surface area (Å²) < 4.78 is 13.3. The zero-order valence-corrected chi connectivity index (χ0v) is 20.5. The van der Waals surface area contributed by atoms with Gasteiger partial charge in [0.1, 0.15) is 17.0 Å².